The average molecular weight is 162 g/mol. The van der Waals surface area contributed by atoms with E-state index >= 15 is 0 Å². The number of aryl methyl sites for hydroxylation is 2. The second-order valence-corrected chi connectivity index (χ2v) is 2.15. The summed E-state index contributed by atoms with van der Waals surface area (Å²) in [6, 6.07) is 2.09. The molecular weight excluding hydrogens is 151 g/mol. The van der Waals surface area contributed by atoms with Crippen molar-refractivity contribution in [3.05, 3.63) is 25.4 Å². The van der Waals surface area contributed by atoms with Gasteiger partial charge in [0.1, 0.15) is 0 Å². The van der Waals surface area contributed by atoms with Crippen LogP contribution in [0.2, 0.25) is 0 Å². The number of rotatable bonds is 0. The zero-order valence-corrected chi connectivity index (χ0v) is 9.79. The van der Waals surface area contributed by atoms with E-state index in [9.17, 15) is 0 Å². The van der Waals surface area contributed by atoms with Crippen molar-refractivity contribution in [3.8, 4) is 0 Å². The maximum absolute atomic E-state index is 4.11. The van der Waals surface area contributed by atoms with Crippen molar-refractivity contribution in [3.63, 3.8) is 0 Å². The third-order valence-corrected chi connectivity index (χ3v) is 1.61. The third-order valence-electron chi connectivity index (χ3n) is 1.61. The zero-order valence-electron chi connectivity index (χ0n) is 6.67. The molecule has 0 spiro atoms. The molecule has 0 radical (unpaired) electrons. The van der Waals surface area contributed by atoms with E-state index in [0.29, 0.717) is 0 Å². The van der Waals surface area contributed by atoms with Crippen LogP contribution in [0.4, 0.5) is 0 Å². The number of fused-ring (bicyclic) bond motifs is 1. The summed E-state index contributed by atoms with van der Waals surface area (Å²) in [6.45, 7) is 1.13. The molecule has 1 aromatic heterocycles. The molecule has 0 aromatic carbocycles. The minimum atomic E-state index is 0. The topological polar surface area (TPSA) is 17.8 Å². The summed E-state index contributed by atoms with van der Waals surface area (Å²) in [5, 5.41) is 4.11. The van der Waals surface area contributed by atoms with Crippen LogP contribution in [0.1, 0.15) is 12.1 Å². The molecular formula is C7H11KN2. The van der Waals surface area contributed by atoms with Gasteiger partial charge in [-0.1, -0.05) is 0 Å². The van der Waals surface area contributed by atoms with Crippen molar-refractivity contribution >= 4 is 0 Å². The van der Waals surface area contributed by atoms with Gasteiger partial charge >= 0.3 is 51.4 Å². The maximum atomic E-state index is 4.11. The molecule has 0 atom stereocenters. The summed E-state index contributed by atoms with van der Waals surface area (Å²) < 4.78 is 2.07. The summed E-state index contributed by atoms with van der Waals surface area (Å²) in [5.74, 6) is 0. The van der Waals surface area contributed by atoms with E-state index in [2.05, 4.69) is 15.8 Å². The van der Waals surface area contributed by atoms with E-state index in [1.165, 1.54) is 18.5 Å². The predicted molar refractivity (Wildman–Crippen MR) is 37.0 cm³/mol. The van der Waals surface area contributed by atoms with Gasteiger partial charge in [-0.25, -0.2) is 0 Å². The second-order valence-electron chi connectivity index (χ2n) is 2.15. The molecule has 0 N–H and O–H groups in total. The van der Waals surface area contributed by atoms with Crippen LogP contribution < -0.4 is 51.4 Å². The monoisotopic (exact) mass is 162 g/mol. The second kappa shape index (κ2) is 4.67. The van der Waals surface area contributed by atoms with Crippen molar-refractivity contribution in [2.45, 2.75) is 19.4 Å². The summed E-state index contributed by atoms with van der Waals surface area (Å²) in [6.07, 6.45) is 4.37. The molecule has 0 saturated heterocycles. The molecule has 1 aliphatic heterocycles. The molecule has 0 fully saturated rings. The number of hydrogen-bond acceptors (Lipinski definition) is 1. The molecule has 0 unspecified atom stereocenters. The molecule has 3 heteroatoms. The minimum Gasteiger partial charge on any atom is -0.358 e. The molecule has 0 aliphatic carbocycles. The number of hydrogen-bond donors (Lipinski definition) is 0. The first-order valence-electron chi connectivity index (χ1n) is 2.97. The average Bonchev–Trinajstić information content (AvgIpc) is 2.15. The molecule has 1 aliphatic rings. The molecule has 0 bridgehead atoms. The maximum Gasteiger partial charge on any atom is 1.00 e. The van der Waals surface area contributed by atoms with E-state index < -0.39 is 0 Å². The van der Waals surface area contributed by atoms with E-state index in [1.54, 1.807) is 0 Å². The van der Waals surface area contributed by atoms with Crippen LogP contribution in [0.3, 0.4) is 0 Å². The van der Waals surface area contributed by atoms with Gasteiger partial charge in [0.2, 0.25) is 0 Å². The van der Waals surface area contributed by atoms with E-state index in [4.69, 9.17) is 0 Å². The van der Waals surface area contributed by atoms with Gasteiger partial charge in [-0.05, 0) is 18.9 Å². The minimum absolute atomic E-state index is 0. The number of nitrogens with zero attached hydrogens (tertiary/aromatic N) is 2. The van der Waals surface area contributed by atoms with Gasteiger partial charge in [-0.2, -0.15) is 5.10 Å². The predicted octanol–water partition coefficient (Wildman–Crippen LogP) is -1.72. The normalized spacial score (nSPS) is 13.2. The molecule has 2 heterocycles. The van der Waals surface area contributed by atoms with Gasteiger partial charge in [-0.3, -0.25) is 4.68 Å². The number of aromatic nitrogens is 2. The van der Waals surface area contributed by atoms with Gasteiger partial charge in [0.25, 0.3) is 0 Å². The Morgan fingerprint density at radius 2 is 2.30 bits per heavy atom. The van der Waals surface area contributed by atoms with Crippen LogP contribution >= 0.6 is 0 Å². The Bertz CT molecular complexity index is 177. The van der Waals surface area contributed by atoms with Crippen molar-refractivity contribution < 1.29 is 51.4 Å². The molecule has 2 nitrogen and oxygen atoms in total. The van der Waals surface area contributed by atoms with Crippen molar-refractivity contribution in [2.24, 2.45) is 0 Å². The Hall–Kier alpha value is 0.846. The quantitative estimate of drug-likeness (QED) is 0.328. The Balaban J connectivity index is 0.000000405. The Labute approximate surface area is 104 Å². The first kappa shape index (κ1) is 10.8. The van der Waals surface area contributed by atoms with E-state index in [0.717, 1.165) is 6.54 Å². The van der Waals surface area contributed by atoms with Gasteiger partial charge in [0.15, 0.2) is 0 Å². The molecule has 0 saturated carbocycles. The molecule has 50 valence electrons. The van der Waals surface area contributed by atoms with E-state index in [1.807, 2.05) is 6.20 Å². The Morgan fingerprint density at radius 3 is 3.00 bits per heavy atom. The molecule has 2 rings (SSSR count). The van der Waals surface area contributed by atoms with Gasteiger partial charge in [-0.15, -0.1) is 0 Å². The fraction of sp³-hybridized carbons (Fsp3) is 0.429. The first-order chi connectivity index (χ1) is 3.97. The van der Waals surface area contributed by atoms with Crippen molar-refractivity contribution in [1.29, 1.82) is 0 Å². The fourth-order valence-electron chi connectivity index (χ4n) is 1.18. The molecule has 1 aromatic rings. The standard InChI is InChI=1S/C6H8N2.CH3.K/c1-2-6-3-4-7-8(6)5-1;;/h3-4H,1-2,5H2;1H3;/q;-1;+1. The largest absolute Gasteiger partial charge is 1.00 e. The fourth-order valence-corrected chi connectivity index (χ4v) is 1.18. The third kappa shape index (κ3) is 1.92. The summed E-state index contributed by atoms with van der Waals surface area (Å²) in [5.41, 5.74) is 1.39. The van der Waals surface area contributed by atoms with Crippen LogP contribution in [-0.2, 0) is 13.0 Å². The SMILES string of the molecule is [CH3-].[K+].c1cc2n(n1)CCC2. The zero-order chi connectivity index (χ0) is 5.40. The Morgan fingerprint density at radius 1 is 1.50 bits per heavy atom. The van der Waals surface area contributed by atoms with Crippen LogP contribution in [-0.4, -0.2) is 9.78 Å². The first-order valence-corrected chi connectivity index (χ1v) is 2.97. The van der Waals surface area contributed by atoms with Crippen LogP contribution in [0.5, 0.6) is 0 Å². The van der Waals surface area contributed by atoms with Gasteiger partial charge in [0.05, 0.1) is 0 Å². The summed E-state index contributed by atoms with van der Waals surface area (Å²) in [4.78, 5) is 0. The van der Waals surface area contributed by atoms with Gasteiger partial charge < -0.3 is 7.43 Å². The molecule has 10 heavy (non-hydrogen) atoms. The summed E-state index contributed by atoms with van der Waals surface area (Å²) in [7, 11) is 0. The van der Waals surface area contributed by atoms with Crippen molar-refractivity contribution in [2.75, 3.05) is 0 Å². The molecule has 0 amide bonds. The Kier molecular flexibility index (Phi) is 5.06. The van der Waals surface area contributed by atoms with Crippen LogP contribution in [0, 0.1) is 7.43 Å². The summed E-state index contributed by atoms with van der Waals surface area (Å²) >= 11 is 0. The smallest absolute Gasteiger partial charge is 0.358 e. The van der Waals surface area contributed by atoms with E-state index in [-0.39, 0.29) is 58.8 Å². The van der Waals surface area contributed by atoms with Crippen LogP contribution in [0.15, 0.2) is 12.3 Å². The van der Waals surface area contributed by atoms with Crippen molar-refractivity contribution in [1.82, 2.24) is 9.78 Å². The van der Waals surface area contributed by atoms with Crippen LogP contribution in [0.25, 0.3) is 0 Å². The van der Waals surface area contributed by atoms with Gasteiger partial charge in [0, 0.05) is 18.4 Å².